The first kappa shape index (κ1) is 15.0. The van der Waals surface area contributed by atoms with Gasteiger partial charge in [0.25, 0.3) is 0 Å². The van der Waals surface area contributed by atoms with Crippen LogP contribution in [0.5, 0.6) is 0 Å². The van der Waals surface area contributed by atoms with Crippen LogP contribution in [0.1, 0.15) is 31.2 Å². The highest BCUT2D eigenvalue weighted by atomic mass is 16.3. The molecular weight excluding hydrogens is 260 g/mol. The fourth-order valence-electron chi connectivity index (χ4n) is 4.53. The summed E-state index contributed by atoms with van der Waals surface area (Å²) in [6.07, 6.45) is 5.70. The maximum Gasteiger partial charge on any atom is 0.114 e. The predicted octanol–water partition coefficient (Wildman–Crippen LogP) is 2.20. The van der Waals surface area contributed by atoms with Crippen LogP contribution in [0, 0.1) is 17.8 Å². The van der Waals surface area contributed by atoms with E-state index in [4.69, 9.17) is 5.73 Å². The van der Waals surface area contributed by atoms with Gasteiger partial charge < -0.3 is 15.7 Å². The molecular formula is C18H28N2O. The van der Waals surface area contributed by atoms with E-state index < -0.39 is 5.60 Å². The van der Waals surface area contributed by atoms with E-state index in [1.54, 1.807) is 0 Å². The van der Waals surface area contributed by atoms with Crippen LogP contribution in [-0.4, -0.2) is 36.7 Å². The molecule has 1 aromatic rings. The molecule has 116 valence electrons. The van der Waals surface area contributed by atoms with Crippen molar-refractivity contribution in [2.24, 2.45) is 23.5 Å². The molecule has 0 spiro atoms. The zero-order chi connectivity index (χ0) is 14.9. The van der Waals surface area contributed by atoms with Gasteiger partial charge in [-0.15, -0.1) is 0 Å². The monoisotopic (exact) mass is 288 g/mol. The van der Waals surface area contributed by atoms with Gasteiger partial charge in [-0.25, -0.2) is 0 Å². The van der Waals surface area contributed by atoms with Gasteiger partial charge in [0.05, 0.1) is 0 Å². The smallest absolute Gasteiger partial charge is 0.114 e. The van der Waals surface area contributed by atoms with Crippen LogP contribution in [0.25, 0.3) is 0 Å². The lowest BCUT2D eigenvalue weighted by Gasteiger charge is -2.34. The Kier molecular flexibility index (Phi) is 4.34. The molecule has 4 unspecified atom stereocenters. The molecule has 0 heterocycles. The fraction of sp³-hybridized carbons (Fsp3) is 0.667. The minimum absolute atomic E-state index is 0.262. The summed E-state index contributed by atoms with van der Waals surface area (Å²) in [5, 5.41) is 10.9. The largest absolute Gasteiger partial charge is 0.382 e. The van der Waals surface area contributed by atoms with E-state index >= 15 is 0 Å². The molecule has 3 N–H and O–H groups in total. The summed E-state index contributed by atoms with van der Waals surface area (Å²) in [5.41, 5.74) is 5.87. The first-order valence-electron chi connectivity index (χ1n) is 8.27. The van der Waals surface area contributed by atoms with Gasteiger partial charge >= 0.3 is 0 Å². The Labute approximate surface area is 128 Å². The summed E-state index contributed by atoms with van der Waals surface area (Å²) in [5.74, 6) is 2.74. The van der Waals surface area contributed by atoms with Crippen LogP contribution in [-0.2, 0) is 5.60 Å². The molecule has 0 amide bonds. The van der Waals surface area contributed by atoms with Crippen LogP contribution in [0.3, 0.4) is 0 Å². The van der Waals surface area contributed by atoms with Gasteiger partial charge in [0.15, 0.2) is 0 Å². The van der Waals surface area contributed by atoms with Crippen molar-refractivity contribution in [1.82, 2.24) is 4.90 Å². The molecule has 2 fully saturated rings. The van der Waals surface area contributed by atoms with Gasteiger partial charge in [-0.05, 0) is 49.6 Å². The average Bonchev–Trinajstić information content (AvgIpc) is 3.10. The van der Waals surface area contributed by atoms with Crippen molar-refractivity contribution in [2.45, 2.75) is 31.3 Å². The van der Waals surface area contributed by atoms with Crippen molar-refractivity contribution in [2.75, 3.05) is 26.7 Å². The third-order valence-electron chi connectivity index (χ3n) is 5.61. The third-order valence-corrected chi connectivity index (χ3v) is 5.61. The minimum atomic E-state index is -0.937. The summed E-state index contributed by atoms with van der Waals surface area (Å²) in [6.45, 7) is 1.97. The Morgan fingerprint density at radius 3 is 2.57 bits per heavy atom. The number of hydrogen-bond acceptors (Lipinski definition) is 3. The van der Waals surface area contributed by atoms with Crippen molar-refractivity contribution in [3.05, 3.63) is 35.9 Å². The highest BCUT2D eigenvalue weighted by Gasteiger charge is 2.40. The second kappa shape index (κ2) is 6.07. The molecule has 4 atom stereocenters. The topological polar surface area (TPSA) is 49.5 Å². The summed E-state index contributed by atoms with van der Waals surface area (Å²) in [4.78, 5) is 2.28. The van der Waals surface area contributed by atoms with E-state index in [1.807, 2.05) is 30.3 Å². The SMILES string of the molecule is CN(CC1CC2CCC1C2)CC(O)(CN)c1ccccc1. The zero-order valence-corrected chi connectivity index (χ0v) is 13.0. The lowest BCUT2D eigenvalue weighted by atomic mass is 9.87. The predicted molar refractivity (Wildman–Crippen MR) is 85.8 cm³/mol. The van der Waals surface area contributed by atoms with E-state index in [2.05, 4.69) is 11.9 Å². The second-order valence-corrected chi connectivity index (χ2v) is 7.23. The Balaban J connectivity index is 1.61. The summed E-state index contributed by atoms with van der Waals surface area (Å²) in [6, 6.07) is 9.84. The van der Waals surface area contributed by atoms with E-state index in [0.29, 0.717) is 6.54 Å². The fourth-order valence-corrected chi connectivity index (χ4v) is 4.53. The van der Waals surface area contributed by atoms with Crippen LogP contribution >= 0.6 is 0 Å². The van der Waals surface area contributed by atoms with Crippen LogP contribution in [0.4, 0.5) is 0 Å². The van der Waals surface area contributed by atoms with Crippen LogP contribution in [0.2, 0.25) is 0 Å². The van der Waals surface area contributed by atoms with Gasteiger partial charge in [0.2, 0.25) is 0 Å². The third kappa shape index (κ3) is 3.15. The van der Waals surface area contributed by atoms with Gasteiger partial charge in [-0.1, -0.05) is 36.8 Å². The quantitative estimate of drug-likeness (QED) is 0.844. The van der Waals surface area contributed by atoms with Crippen molar-refractivity contribution >= 4 is 0 Å². The summed E-state index contributed by atoms with van der Waals surface area (Å²) < 4.78 is 0. The van der Waals surface area contributed by atoms with Gasteiger partial charge in [-0.3, -0.25) is 0 Å². The molecule has 21 heavy (non-hydrogen) atoms. The number of aliphatic hydroxyl groups is 1. The minimum Gasteiger partial charge on any atom is -0.382 e. The molecule has 2 bridgehead atoms. The van der Waals surface area contributed by atoms with Crippen LogP contribution < -0.4 is 5.73 Å². The summed E-state index contributed by atoms with van der Waals surface area (Å²) in [7, 11) is 2.12. The number of nitrogens with zero attached hydrogens (tertiary/aromatic N) is 1. The number of benzene rings is 1. The number of rotatable bonds is 6. The standard InChI is InChI=1S/C18H28N2O/c1-20(11-16-10-14-7-8-15(16)9-14)13-18(21,12-19)17-5-3-2-4-6-17/h2-6,14-16,21H,7-13,19H2,1H3. The van der Waals surface area contributed by atoms with Gasteiger partial charge in [0.1, 0.15) is 5.60 Å². The van der Waals surface area contributed by atoms with Crippen LogP contribution in [0.15, 0.2) is 30.3 Å². The zero-order valence-electron chi connectivity index (χ0n) is 13.0. The Hall–Kier alpha value is -0.900. The number of hydrogen-bond donors (Lipinski definition) is 2. The van der Waals surface area contributed by atoms with Gasteiger partial charge in [-0.2, -0.15) is 0 Å². The van der Waals surface area contributed by atoms with Crippen molar-refractivity contribution < 1.29 is 5.11 Å². The van der Waals surface area contributed by atoms with E-state index in [-0.39, 0.29) is 6.54 Å². The molecule has 2 aliphatic rings. The average molecular weight is 288 g/mol. The molecule has 2 saturated carbocycles. The van der Waals surface area contributed by atoms with Gasteiger partial charge in [0, 0.05) is 19.6 Å². The summed E-state index contributed by atoms with van der Waals surface area (Å²) >= 11 is 0. The normalized spacial score (nSPS) is 30.8. The van der Waals surface area contributed by atoms with E-state index in [0.717, 1.165) is 29.9 Å². The second-order valence-electron chi connectivity index (χ2n) is 7.23. The Morgan fingerprint density at radius 2 is 2.00 bits per heavy atom. The van der Waals surface area contributed by atoms with E-state index in [1.165, 1.54) is 25.7 Å². The highest BCUT2D eigenvalue weighted by Crippen LogP contribution is 2.48. The maximum absolute atomic E-state index is 10.9. The maximum atomic E-state index is 10.9. The Bertz CT molecular complexity index is 464. The number of likely N-dealkylation sites (N-methyl/N-ethyl adjacent to an activating group) is 1. The van der Waals surface area contributed by atoms with Crippen molar-refractivity contribution in [3.63, 3.8) is 0 Å². The molecule has 3 nitrogen and oxygen atoms in total. The van der Waals surface area contributed by atoms with Crippen molar-refractivity contribution in [1.29, 1.82) is 0 Å². The number of nitrogens with two attached hydrogens (primary N) is 1. The molecule has 1 aromatic carbocycles. The molecule has 0 saturated heterocycles. The molecule has 0 aromatic heterocycles. The lowest BCUT2D eigenvalue weighted by Crippen LogP contribution is -2.46. The molecule has 2 aliphatic carbocycles. The molecule has 0 aliphatic heterocycles. The Morgan fingerprint density at radius 1 is 1.24 bits per heavy atom. The number of fused-ring (bicyclic) bond motifs is 2. The molecule has 0 radical (unpaired) electrons. The van der Waals surface area contributed by atoms with E-state index in [9.17, 15) is 5.11 Å². The highest BCUT2D eigenvalue weighted by molar-refractivity contribution is 5.23. The molecule has 3 heteroatoms. The lowest BCUT2D eigenvalue weighted by molar-refractivity contribution is 0.00817. The van der Waals surface area contributed by atoms with Crippen molar-refractivity contribution in [3.8, 4) is 0 Å². The first-order chi connectivity index (χ1) is 10.1. The molecule has 3 rings (SSSR count). The first-order valence-corrected chi connectivity index (χ1v) is 8.27.